The Morgan fingerprint density at radius 1 is 1.04 bits per heavy atom. The van der Waals surface area contributed by atoms with Crippen molar-refractivity contribution in [2.24, 2.45) is 0 Å². The Labute approximate surface area is 136 Å². The van der Waals surface area contributed by atoms with E-state index in [1.165, 1.54) is 5.56 Å². The first kappa shape index (κ1) is 15.0. The molecule has 0 aliphatic rings. The van der Waals surface area contributed by atoms with Crippen molar-refractivity contribution in [3.63, 3.8) is 0 Å². The van der Waals surface area contributed by atoms with Gasteiger partial charge in [0.15, 0.2) is 5.69 Å². The molecule has 2 aromatic carbocycles. The van der Waals surface area contributed by atoms with Crippen LogP contribution in [0, 0.1) is 11.3 Å². The van der Waals surface area contributed by atoms with Gasteiger partial charge in [-0.05, 0) is 29.2 Å². The third kappa shape index (κ3) is 3.14. The van der Waals surface area contributed by atoms with E-state index < -0.39 is 0 Å². The van der Waals surface area contributed by atoms with Gasteiger partial charge in [0.05, 0.1) is 11.4 Å². The smallest absolute Gasteiger partial charge is 0.186 e. The van der Waals surface area contributed by atoms with Gasteiger partial charge in [-0.3, -0.25) is 0 Å². The van der Waals surface area contributed by atoms with E-state index in [0.717, 1.165) is 16.9 Å². The topological polar surface area (TPSA) is 54.5 Å². The van der Waals surface area contributed by atoms with Crippen molar-refractivity contribution in [1.29, 1.82) is 5.26 Å². The normalized spacial score (nSPS) is 10.7. The molecule has 114 valence electrons. The van der Waals surface area contributed by atoms with Crippen molar-refractivity contribution < 1.29 is 0 Å². The molecule has 0 spiro atoms. The van der Waals surface area contributed by atoms with Crippen LogP contribution in [0.3, 0.4) is 0 Å². The Morgan fingerprint density at radius 3 is 2.35 bits per heavy atom. The zero-order valence-electron chi connectivity index (χ0n) is 13.3. The third-order valence-electron chi connectivity index (χ3n) is 3.89. The SMILES string of the molecule is CC(C)c1ccc(-n2nnc(C#N)c2Cc2ccccc2)cc1. The minimum atomic E-state index is 0.377. The first-order chi connectivity index (χ1) is 11.2. The summed E-state index contributed by atoms with van der Waals surface area (Å²) in [5.74, 6) is 0.484. The summed E-state index contributed by atoms with van der Waals surface area (Å²) in [5, 5.41) is 17.5. The molecule has 1 heterocycles. The van der Waals surface area contributed by atoms with Crippen LogP contribution in [0.2, 0.25) is 0 Å². The van der Waals surface area contributed by atoms with E-state index in [1.54, 1.807) is 4.68 Å². The highest BCUT2D eigenvalue weighted by Crippen LogP contribution is 2.20. The van der Waals surface area contributed by atoms with Crippen molar-refractivity contribution in [3.8, 4) is 11.8 Å². The molecule has 4 heteroatoms. The summed E-state index contributed by atoms with van der Waals surface area (Å²) in [6, 6.07) is 20.4. The van der Waals surface area contributed by atoms with Crippen molar-refractivity contribution in [1.82, 2.24) is 15.0 Å². The van der Waals surface area contributed by atoms with Crippen LogP contribution in [0.25, 0.3) is 5.69 Å². The number of nitriles is 1. The maximum absolute atomic E-state index is 9.31. The molecule has 0 aliphatic heterocycles. The van der Waals surface area contributed by atoms with Crippen molar-refractivity contribution >= 4 is 0 Å². The minimum Gasteiger partial charge on any atom is -0.216 e. The monoisotopic (exact) mass is 302 g/mol. The van der Waals surface area contributed by atoms with E-state index in [1.807, 2.05) is 42.5 Å². The lowest BCUT2D eigenvalue weighted by atomic mass is 10.0. The molecule has 23 heavy (non-hydrogen) atoms. The molecule has 0 fully saturated rings. The molecule has 1 aromatic heterocycles. The van der Waals surface area contributed by atoms with Gasteiger partial charge in [-0.25, -0.2) is 4.68 Å². The van der Waals surface area contributed by atoms with Crippen LogP contribution in [0.15, 0.2) is 54.6 Å². The van der Waals surface area contributed by atoms with Gasteiger partial charge in [0.2, 0.25) is 0 Å². The van der Waals surface area contributed by atoms with Crippen LogP contribution in [-0.4, -0.2) is 15.0 Å². The second-order valence-electron chi connectivity index (χ2n) is 5.82. The predicted octanol–water partition coefficient (Wildman–Crippen LogP) is 3.85. The van der Waals surface area contributed by atoms with Crippen LogP contribution in [0.4, 0.5) is 0 Å². The number of hydrogen-bond donors (Lipinski definition) is 0. The summed E-state index contributed by atoms with van der Waals surface area (Å²) in [5.41, 5.74) is 4.53. The van der Waals surface area contributed by atoms with Crippen LogP contribution < -0.4 is 0 Å². The van der Waals surface area contributed by atoms with Crippen molar-refractivity contribution in [3.05, 3.63) is 77.1 Å². The Balaban J connectivity index is 2.00. The van der Waals surface area contributed by atoms with Crippen molar-refractivity contribution in [2.45, 2.75) is 26.2 Å². The third-order valence-corrected chi connectivity index (χ3v) is 3.89. The van der Waals surface area contributed by atoms with Crippen LogP contribution >= 0.6 is 0 Å². The van der Waals surface area contributed by atoms with E-state index >= 15 is 0 Å². The molecule has 0 amide bonds. The average molecular weight is 302 g/mol. The lowest BCUT2D eigenvalue weighted by molar-refractivity contribution is 0.770. The molecule has 0 saturated carbocycles. The van der Waals surface area contributed by atoms with Gasteiger partial charge in [0, 0.05) is 6.42 Å². The second-order valence-corrected chi connectivity index (χ2v) is 5.82. The molecule has 0 radical (unpaired) electrons. The molecular weight excluding hydrogens is 284 g/mol. The van der Waals surface area contributed by atoms with Crippen LogP contribution in [-0.2, 0) is 6.42 Å². The summed E-state index contributed by atoms with van der Waals surface area (Å²) in [6.45, 7) is 4.33. The summed E-state index contributed by atoms with van der Waals surface area (Å²) in [6.07, 6.45) is 0.628. The first-order valence-electron chi connectivity index (χ1n) is 7.68. The number of aromatic nitrogens is 3. The second kappa shape index (κ2) is 6.45. The molecule has 3 aromatic rings. The Bertz CT molecular complexity index is 824. The van der Waals surface area contributed by atoms with Gasteiger partial charge in [0.1, 0.15) is 6.07 Å². The van der Waals surface area contributed by atoms with E-state index in [0.29, 0.717) is 18.0 Å². The predicted molar refractivity (Wildman–Crippen MR) is 89.4 cm³/mol. The fourth-order valence-corrected chi connectivity index (χ4v) is 2.54. The van der Waals surface area contributed by atoms with Crippen LogP contribution in [0.5, 0.6) is 0 Å². The summed E-state index contributed by atoms with van der Waals surface area (Å²) >= 11 is 0. The molecule has 0 saturated heterocycles. The molecular formula is C19H18N4. The highest BCUT2D eigenvalue weighted by Gasteiger charge is 2.14. The maximum atomic E-state index is 9.31. The van der Waals surface area contributed by atoms with Gasteiger partial charge >= 0.3 is 0 Å². The summed E-state index contributed by atoms with van der Waals surface area (Å²) < 4.78 is 1.76. The summed E-state index contributed by atoms with van der Waals surface area (Å²) in [4.78, 5) is 0. The van der Waals surface area contributed by atoms with E-state index in [4.69, 9.17) is 0 Å². The lowest BCUT2D eigenvalue weighted by Crippen LogP contribution is -2.04. The zero-order valence-corrected chi connectivity index (χ0v) is 13.3. The fourth-order valence-electron chi connectivity index (χ4n) is 2.54. The Kier molecular flexibility index (Phi) is 4.20. The number of rotatable bonds is 4. The van der Waals surface area contributed by atoms with Gasteiger partial charge < -0.3 is 0 Å². The molecule has 0 bridgehead atoms. The van der Waals surface area contributed by atoms with Gasteiger partial charge in [0.25, 0.3) is 0 Å². The minimum absolute atomic E-state index is 0.377. The number of nitrogens with zero attached hydrogens (tertiary/aromatic N) is 4. The Hall–Kier alpha value is -2.93. The fraction of sp³-hybridized carbons (Fsp3) is 0.211. The summed E-state index contributed by atoms with van der Waals surface area (Å²) in [7, 11) is 0. The highest BCUT2D eigenvalue weighted by atomic mass is 15.4. The highest BCUT2D eigenvalue weighted by molar-refractivity contribution is 5.40. The quantitative estimate of drug-likeness (QED) is 0.735. The standard InChI is InChI=1S/C19H18N4/c1-14(2)16-8-10-17(11-9-16)23-19(18(13-20)21-22-23)12-15-6-4-3-5-7-15/h3-11,14H,12H2,1-2H3. The molecule has 0 aliphatic carbocycles. The van der Waals surface area contributed by atoms with E-state index in [2.05, 4.69) is 42.4 Å². The van der Waals surface area contributed by atoms with Crippen LogP contribution in [0.1, 0.15) is 42.3 Å². The largest absolute Gasteiger partial charge is 0.216 e. The number of benzene rings is 2. The molecule has 0 unspecified atom stereocenters. The van der Waals surface area contributed by atoms with Gasteiger partial charge in [-0.1, -0.05) is 61.5 Å². The average Bonchev–Trinajstić information content (AvgIpc) is 2.98. The molecule has 0 atom stereocenters. The molecule has 0 N–H and O–H groups in total. The van der Waals surface area contributed by atoms with E-state index in [9.17, 15) is 5.26 Å². The molecule has 4 nitrogen and oxygen atoms in total. The zero-order chi connectivity index (χ0) is 16.2. The first-order valence-corrected chi connectivity index (χ1v) is 7.68. The number of hydrogen-bond acceptors (Lipinski definition) is 3. The maximum Gasteiger partial charge on any atom is 0.186 e. The van der Waals surface area contributed by atoms with E-state index in [-0.39, 0.29) is 0 Å². The van der Waals surface area contributed by atoms with Gasteiger partial charge in [-0.15, -0.1) is 5.10 Å². The van der Waals surface area contributed by atoms with Gasteiger partial charge in [-0.2, -0.15) is 5.26 Å². The lowest BCUT2D eigenvalue weighted by Gasteiger charge is -2.09. The van der Waals surface area contributed by atoms with Crippen molar-refractivity contribution in [2.75, 3.05) is 0 Å². The molecule has 3 rings (SSSR count). The Morgan fingerprint density at radius 2 is 1.74 bits per heavy atom.